The molecule has 2 aromatic rings. The highest BCUT2D eigenvalue weighted by atomic mass is 35.5. The summed E-state index contributed by atoms with van der Waals surface area (Å²) in [5, 5.41) is 0. The van der Waals surface area contributed by atoms with Crippen LogP contribution in [0, 0.1) is 0 Å². The number of rotatable bonds is 1. The Kier molecular flexibility index (Phi) is 1.82. The number of aryl methyl sites for hydroxylation is 1. The Morgan fingerprint density at radius 3 is 2.92 bits per heavy atom. The first kappa shape index (κ1) is 7.70. The van der Waals surface area contributed by atoms with Crippen LogP contribution in [-0.2, 0) is 7.05 Å². The lowest BCUT2D eigenvalue weighted by molar-refractivity contribution is 0.913. The lowest BCUT2D eigenvalue weighted by atomic mass is 10.4. The monoisotopic (exact) mass is 200 g/mol. The average molecular weight is 201 g/mol. The molecule has 0 amide bonds. The van der Waals surface area contributed by atoms with E-state index >= 15 is 0 Å². The van der Waals surface area contributed by atoms with Crippen LogP contribution in [0.15, 0.2) is 12.5 Å². The van der Waals surface area contributed by atoms with E-state index in [4.69, 9.17) is 11.6 Å². The van der Waals surface area contributed by atoms with E-state index in [9.17, 15) is 0 Å². The van der Waals surface area contributed by atoms with Gasteiger partial charge in [0.15, 0.2) is 5.82 Å². The van der Waals surface area contributed by atoms with Gasteiger partial charge in [0.2, 0.25) is 4.47 Å². The highest BCUT2D eigenvalue weighted by molar-refractivity contribution is 7.10. The smallest absolute Gasteiger partial charge is 0.203 e. The fraction of sp³-hybridized carbons (Fsp3) is 0.167. The molecule has 0 atom stereocenters. The Bertz CT molecular complexity index is 394. The van der Waals surface area contributed by atoms with Gasteiger partial charge in [-0.2, -0.15) is 4.37 Å². The van der Waals surface area contributed by atoms with Gasteiger partial charge in [0.05, 0.1) is 12.5 Å². The summed E-state index contributed by atoms with van der Waals surface area (Å²) in [6, 6.07) is 0. The van der Waals surface area contributed by atoms with Crippen LogP contribution in [0.3, 0.4) is 0 Å². The van der Waals surface area contributed by atoms with Gasteiger partial charge in [0, 0.05) is 7.05 Å². The number of imidazole rings is 1. The third-order valence-electron chi connectivity index (χ3n) is 1.45. The quantitative estimate of drug-likeness (QED) is 0.702. The molecule has 0 fully saturated rings. The molecule has 0 N–H and O–H groups in total. The van der Waals surface area contributed by atoms with E-state index in [-0.39, 0.29) is 0 Å². The molecule has 0 aliphatic carbocycles. The summed E-state index contributed by atoms with van der Waals surface area (Å²) >= 11 is 6.82. The van der Waals surface area contributed by atoms with Crippen molar-refractivity contribution in [3.63, 3.8) is 0 Å². The standard InChI is InChI=1S/C6H5ClN4S/c1-11-3-8-2-4(11)5-9-6(7)12-10-5/h2-3H,1H3. The Morgan fingerprint density at radius 2 is 2.42 bits per heavy atom. The van der Waals surface area contributed by atoms with Crippen molar-refractivity contribution in [3.8, 4) is 11.5 Å². The summed E-state index contributed by atoms with van der Waals surface area (Å²) < 4.78 is 6.35. The first-order valence-corrected chi connectivity index (χ1v) is 4.38. The summed E-state index contributed by atoms with van der Waals surface area (Å²) in [6.07, 6.45) is 3.41. The van der Waals surface area contributed by atoms with E-state index in [0.29, 0.717) is 10.3 Å². The molecule has 0 aliphatic rings. The van der Waals surface area contributed by atoms with E-state index in [0.717, 1.165) is 5.69 Å². The van der Waals surface area contributed by atoms with E-state index in [1.54, 1.807) is 12.5 Å². The Balaban J connectivity index is 2.50. The number of halogens is 1. The molecule has 0 saturated carbocycles. The molecular formula is C6H5ClN4S. The molecule has 12 heavy (non-hydrogen) atoms. The molecule has 0 radical (unpaired) electrons. The molecule has 2 rings (SSSR count). The van der Waals surface area contributed by atoms with Crippen molar-refractivity contribution in [1.82, 2.24) is 18.9 Å². The predicted octanol–water partition coefficient (Wildman–Crippen LogP) is 1.59. The fourth-order valence-electron chi connectivity index (χ4n) is 0.882. The Morgan fingerprint density at radius 1 is 1.58 bits per heavy atom. The number of hydrogen-bond acceptors (Lipinski definition) is 4. The maximum absolute atomic E-state index is 5.64. The van der Waals surface area contributed by atoms with Crippen molar-refractivity contribution in [1.29, 1.82) is 0 Å². The molecule has 0 aliphatic heterocycles. The van der Waals surface area contributed by atoms with Crippen molar-refractivity contribution >= 4 is 23.1 Å². The van der Waals surface area contributed by atoms with Gasteiger partial charge in [-0.15, -0.1) is 0 Å². The SMILES string of the molecule is Cn1cncc1-c1nsc(Cl)n1. The largest absolute Gasteiger partial charge is 0.331 e. The van der Waals surface area contributed by atoms with E-state index in [2.05, 4.69) is 14.3 Å². The van der Waals surface area contributed by atoms with Crippen molar-refractivity contribution in [3.05, 3.63) is 17.0 Å². The van der Waals surface area contributed by atoms with Gasteiger partial charge in [-0.1, -0.05) is 0 Å². The zero-order valence-electron chi connectivity index (χ0n) is 6.23. The van der Waals surface area contributed by atoms with Crippen molar-refractivity contribution < 1.29 is 0 Å². The van der Waals surface area contributed by atoms with Gasteiger partial charge in [0.1, 0.15) is 5.69 Å². The van der Waals surface area contributed by atoms with Crippen LogP contribution in [-0.4, -0.2) is 18.9 Å². The molecule has 6 heteroatoms. The van der Waals surface area contributed by atoms with Gasteiger partial charge < -0.3 is 4.57 Å². The van der Waals surface area contributed by atoms with Crippen molar-refractivity contribution in [2.24, 2.45) is 7.05 Å². The predicted molar refractivity (Wildman–Crippen MR) is 47.1 cm³/mol. The van der Waals surface area contributed by atoms with Crippen molar-refractivity contribution in [2.45, 2.75) is 0 Å². The zero-order valence-corrected chi connectivity index (χ0v) is 7.80. The van der Waals surface area contributed by atoms with Crippen LogP contribution in [0.1, 0.15) is 0 Å². The molecular weight excluding hydrogens is 196 g/mol. The topological polar surface area (TPSA) is 43.6 Å². The van der Waals surface area contributed by atoms with E-state index in [1.165, 1.54) is 11.5 Å². The van der Waals surface area contributed by atoms with Gasteiger partial charge in [-0.3, -0.25) is 0 Å². The lowest BCUT2D eigenvalue weighted by Crippen LogP contribution is -1.90. The van der Waals surface area contributed by atoms with Gasteiger partial charge >= 0.3 is 0 Å². The van der Waals surface area contributed by atoms with Crippen LogP contribution in [0.2, 0.25) is 4.47 Å². The lowest BCUT2D eigenvalue weighted by Gasteiger charge is -1.93. The number of hydrogen-bond donors (Lipinski definition) is 0. The first-order valence-electron chi connectivity index (χ1n) is 3.23. The van der Waals surface area contributed by atoms with Crippen LogP contribution >= 0.6 is 23.1 Å². The van der Waals surface area contributed by atoms with Crippen LogP contribution in [0.5, 0.6) is 0 Å². The second kappa shape index (κ2) is 2.84. The number of nitrogens with zero attached hydrogens (tertiary/aromatic N) is 4. The fourth-order valence-corrected chi connectivity index (χ4v) is 1.49. The summed E-state index contributed by atoms with van der Waals surface area (Å²) in [7, 11) is 1.89. The minimum atomic E-state index is 0.450. The van der Waals surface area contributed by atoms with Gasteiger partial charge in [-0.05, 0) is 23.1 Å². The highest BCUT2D eigenvalue weighted by Crippen LogP contribution is 2.19. The molecule has 0 saturated heterocycles. The average Bonchev–Trinajstić information content (AvgIpc) is 2.58. The molecule has 2 aromatic heterocycles. The maximum Gasteiger partial charge on any atom is 0.203 e. The molecule has 62 valence electrons. The third-order valence-corrected chi connectivity index (χ3v) is 2.24. The summed E-state index contributed by atoms with van der Waals surface area (Å²) in [5.74, 6) is 0.630. The minimum absolute atomic E-state index is 0.450. The molecule has 0 unspecified atom stereocenters. The molecule has 4 nitrogen and oxygen atoms in total. The summed E-state index contributed by atoms with van der Waals surface area (Å²) in [5.41, 5.74) is 0.873. The Labute approximate surface area is 78.0 Å². The molecule has 0 bridgehead atoms. The Hall–Kier alpha value is -0.940. The first-order chi connectivity index (χ1) is 5.77. The zero-order chi connectivity index (χ0) is 8.55. The van der Waals surface area contributed by atoms with Gasteiger partial charge in [0.25, 0.3) is 0 Å². The molecule has 2 heterocycles. The van der Waals surface area contributed by atoms with Crippen LogP contribution < -0.4 is 0 Å². The third kappa shape index (κ3) is 1.21. The maximum atomic E-state index is 5.64. The summed E-state index contributed by atoms with van der Waals surface area (Å²) in [6.45, 7) is 0. The van der Waals surface area contributed by atoms with Gasteiger partial charge in [-0.25, -0.2) is 9.97 Å². The molecule has 0 aromatic carbocycles. The number of aromatic nitrogens is 4. The molecule has 0 spiro atoms. The minimum Gasteiger partial charge on any atom is -0.331 e. The van der Waals surface area contributed by atoms with Crippen LogP contribution in [0.25, 0.3) is 11.5 Å². The van der Waals surface area contributed by atoms with E-state index < -0.39 is 0 Å². The van der Waals surface area contributed by atoms with Crippen LogP contribution in [0.4, 0.5) is 0 Å². The van der Waals surface area contributed by atoms with E-state index in [1.807, 2.05) is 11.6 Å². The summed E-state index contributed by atoms with van der Waals surface area (Å²) in [4.78, 5) is 7.98. The second-order valence-corrected chi connectivity index (χ2v) is 3.59. The van der Waals surface area contributed by atoms with Crippen molar-refractivity contribution in [2.75, 3.05) is 0 Å². The highest BCUT2D eigenvalue weighted by Gasteiger charge is 2.07. The second-order valence-electron chi connectivity index (χ2n) is 2.26. The normalized spacial score (nSPS) is 10.5.